The molecule has 0 radical (unpaired) electrons. The van der Waals surface area contributed by atoms with Crippen molar-refractivity contribution in [2.24, 2.45) is 11.8 Å². The molecule has 12 atom stereocenters. The molecule has 0 saturated carbocycles. The van der Waals surface area contributed by atoms with Crippen LogP contribution in [0.1, 0.15) is 87.0 Å². The van der Waals surface area contributed by atoms with Gasteiger partial charge in [-0.15, -0.1) is 0 Å². The Balaban J connectivity index is 2.37. The Kier molecular flexibility index (Phi) is 13.4. The highest BCUT2D eigenvalue weighted by Gasteiger charge is 2.45. The summed E-state index contributed by atoms with van der Waals surface area (Å²) >= 11 is 0. The monoisotopic (exact) mass is 602 g/mol. The smallest absolute Gasteiger partial charge is 0.306 e. The molecule has 2 saturated heterocycles. The van der Waals surface area contributed by atoms with Crippen LogP contribution in [0, 0.1) is 11.8 Å². The van der Waals surface area contributed by atoms with Gasteiger partial charge in [0.15, 0.2) is 17.7 Å². The van der Waals surface area contributed by atoms with Gasteiger partial charge in [-0.05, 0) is 80.4 Å². The summed E-state index contributed by atoms with van der Waals surface area (Å²) in [4.78, 5) is 30.0. The van der Waals surface area contributed by atoms with Crippen LogP contribution in [-0.4, -0.2) is 130 Å². The summed E-state index contributed by atoms with van der Waals surface area (Å²) < 4.78 is 18.1. The molecule has 2 aliphatic rings. The van der Waals surface area contributed by atoms with Gasteiger partial charge in [-0.2, -0.15) is 0 Å². The van der Waals surface area contributed by atoms with Crippen LogP contribution >= 0.6 is 0 Å². The van der Waals surface area contributed by atoms with Gasteiger partial charge in [-0.3, -0.25) is 14.5 Å². The van der Waals surface area contributed by atoms with Crippen LogP contribution in [0.2, 0.25) is 0 Å². The summed E-state index contributed by atoms with van der Waals surface area (Å²) in [5.41, 5.74) is -3.34. The quantitative estimate of drug-likeness (QED) is 0.349. The molecule has 11 nitrogen and oxygen atoms in total. The number of carbonyl (C=O) groups is 2. The molecule has 42 heavy (non-hydrogen) atoms. The number of aliphatic hydroxyl groups excluding tert-OH is 2. The average molecular weight is 603 g/mol. The van der Waals surface area contributed by atoms with Gasteiger partial charge in [0.05, 0.1) is 36.1 Å². The van der Waals surface area contributed by atoms with Crippen molar-refractivity contribution in [1.29, 1.82) is 0 Å². The molecule has 0 aromatic rings. The largest absolute Gasteiger partial charge is 0.459 e. The molecular weight excluding hydrogens is 544 g/mol. The Morgan fingerprint density at radius 1 is 1.10 bits per heavy atom. The molecule has 2 heterocycles. The van der Waals surface area contributed by atoms with Gasteiger partial charge in [0.1, 0.15) is 6.10 Å². The molecule has 0 bridgehead atoms. The second-order valence-electron chi connectivity index (χ2n) is 13.6. The van der Waals surface area contributed by atoms with E-state index in [9.17, 15) is 30.0 Å². The van der Waals surface area contributed by atoms with Crippen molar-refractivity contribution in [3.8, 4) is 0 Å². The third-order valence-electron chi connectivity index (χ3n) is 9.43. The minimum atomic E-state index is -1.88. The number of Topliss-reactive ketones (excluding diaryl/α,β-unsaturated/α-hetero) is 1. The van der Waals surface area contributed by atoms with Crippen molar-refractivity contribution in [1.82, 2.24) is 9.80 Å². The van der Waals surface area contributed by atoms with Crippen molar-refractivity contribution in [2.75, 3.05) is 27.7 Å². The van der Waals surface area contributed by atoms with Gasteiger partial charge in [-0.1, -0.05) is 20.8 Å². The lowest BCUT2D eigenvalue weighted by molar-refractivity contribution is -0.262. The number of esters is 1. The van der Waals surface area contributed by atoms with Crippen molar-refractivity contribution < 1.29 is 44.2 Å². The maximum absolute atomic E-state index is 13.4. The summed E-state index contributed by atoms with van der Waals surface area (Å²) in [5, 5.41) is 44.8. The predicted molar refractivity (Wildman–Crippen MR) is 159 cm³/mol. The Morgan fingerprint density at radius 2 is 1.71 bits per heavy atom. The van der Waals surface area contributed by atoms with Crippen LogP contribution in [0.15, 0.2) is 0 Å². The summed E-state index contributed by atoms with van der Waals surface area (Å²) in [6.45, 7) is 12.5. The van der Waals surface area contributed by atoms with Crippen molar-refractivity contribution >= 4 is 11.8 Å². The fourth-order valence-electron chi connectivity index (χ4n) is 6.63. The second-order valence-corrected chi connectivity index (χ2v) is 13.6. The molecule has 0 spiro atoms. The van der Waals surface area contributed by atoms with Crippen LogP contribution in [0.4, 0.5) is 0 Å². The highest BCUT2D eigenvalue weighted by atomic mass is 16.7. The van der Waals surface area contributed by atoms with E-state index in [1.54, 1.807) is 34.7 Å². The lowest BCUT2D eigenvalue weighted by atomic mass is 9.79. The van der Waals surface area contributed by atoms with Gasteiger partial charge in [0.2, 0.25) is 0 Å². The zero-order valence-electron chi connectivity index (χ0n) is 27.4. The zero-order chi connectivity index (χ0) is 32.2. The summed E-state index contributed by atoms with van der Waals surface area (Å²) in [7, 11) is 5.55. The van der Waals surface area contributed by atoms with E-state index in [1.165, 1.54) is 6.92 Å². The number of nitrogens with zero attached hydrogens (tertiary/aromatic N) is 2. The number of aliphatic hydroxyl groups is 4. The Hall–Kier alpha value is -1.18. The number of carbonyl (C=O) groups excluding carboxylic acids is 2. The highest BCUT2D eigenvalue weighted by Crippen LogP contribution is 2.33. The number of hydrogen-bond acceptors (Lipinski definition) is 11. The van der Waals surface area contributed by atoms with E-state index >= 15 is 0 Å². The third-order valence-corrected chi connectivity index (χ3v) is 9.43. The van der Waals surface area contributed by atoms with Crippen molar-refractivity contribution in [3.05, 3.63) is 0 Å². The van der Waals surface area contributed by atoms with Crippen LogP contribution in [0.3, 0.4) is 0 Å². The fraction of sp³-hybridized carbons (Fsp3) is 0.935. The van der Waals surface area contributed by atoms with E-state index in [0.29, 0.717) is 25.8 Å². The first kappa shape index (κ1) is 37.0. The number of likely N-dealkylation sites (N-methyl/N-ethyl adjacent to an activating group) is 2. The number of cyclic esters (lactones) is 1. The molecule has 0 aliphatic carbocycles. The SMILES string of the molecule is CC[C@H]1OC(=O)CCC[C@@H](O[C@H]2CC(N(C)C)[C@H](O)C(C)O2)[C@H](C)[C@@H](O)[C@](C)(O)C[C@@H](C)CN(C)[C@H](C)C(=O)[C@]1(C)O. The summed E-state index contributed by atoms with van der Waals surface area (Å²) in [6, 6.07) is -0.853. The Morgan fingerprint density at radius 3 is 2.29 bits per heavy atom. The number of hydrogen-bond donors (Lipinski definition) is 4. The topological polar surface area (TPSA) is 149 Å². The molecule has 0 amide bonds. The molecule has 246 valence electrons. The van der Waals surface area contributed by atoms with Crippen LogP contribution < -0.4 is 0 Å². The van der Waals surface area contributed by atoms with E-state index in [2.05, 4.69) is 0 Å². The Bertz CT molecular complexity index is 882. The molecule has 4 N–H and O–H groups in total. The van der Waals surface area contributed by atoms with Gasteiger partial charge >= 0.3 is 5.97 Å². The van der Waals surface area contributed by atoms with Crippen LogP contribution in [0.5, 0.6) is 0 Å². The highest BCUT2D eigenvalue weighted by molar-refractivity contribution is 5.92. The number of rotatable bonds is 4. The average Bonchev–Trinajstić information content (AvgIpc) is 2.89. The molecule has 2 fully saturated rings. The maximum Gasteiger partial charge on any atom is 0.306 e. The van der Waals surface area contributed by atoms with E-state index in [0.717, 1.165) is 0 Å². The predicted octanol–water partition coefficient (Wildman–Crippen LogP) is 1.72. The van der Waals surface area contributed by atoms with E-state index in [-0.39, 0.29) is 31.2 Å². The van der Waals surface area contributed by atoms with Crippen molar-refractivity contribution in [3.63, 3.8) is 0 Å². The molecule has 2 aliphatic heterocycles. The first-order valence-electron chi connectivity index (χ1n) is 15.6. The minimum Gasteiger partial charge on any atom is -0.459 e. The van der Waals surface area contributed by atoms with E-state index in [1.807, 2.05) is 37.7 Å². The lowest BCUT2D eigenvalue weighted by Gasteiger charge is -2.43. The van der Waals surface area contributed by atoms with Crippen molar-refractivity contribution in [2.45, 2.75) is 147 Å². The van der Waals surface area contributed by atoms with Crippen LogP contribution in [-0.2, 0) is 23.8 Å². The number of ether oxygens (including phenoxy) is 3. The molecule has 11 heteroatoms. The minimum absolute atomic E-state index is 0.0211. The normalized spacial score (nSPS) is 44.5. The zero-order valence-corrected chi connectivity index (χ0v) is 27.4. The van der Waals surface area contributed by atoms with E-state index in [4.69, 9.17) is 14.2 Å². The molecule has 0 aromatic carbocycles. The number of ketones is 1. The maximum atomic E-state index is 13.4. The van der Waals surface area contributed by atoms with Crippen LogP contribution in [0.25, 0.3) is 0 Å². The first-order valence-corrected chi connectivity index (χ1v) is 15.6. The molecule has 2 rings (SSSR count). The Labute approximate surface area is 252 Å². The van der Waals surface area contributed by atoms with Gasteiger partial charge in [0, 0.05) is 31.3 Å². The summed E-state index contributed by atoms with van der Waals surface area (Å²) in [6.07, 6.45) is -2.84. The molecular formula is C31H58N2O9. The van der Waals surface area contributed by atoms with E-state index < -0.39 is 71.7 Å². The summed E-state index contributed by atoms with van der Waals surface area (Å²) in [5.74, 6) is -1.61. The fourth-order valence-corrected chi connectivity index (χ4v) is 6.63. The standard InChI is InChI=1S/C31H58N2O9/c1-11-24-31(7,39)29(37)20(4)33(10)17-18(2)16-30(6,38)28(36)19(3)23(13-12-14-25(34)42-24)41-26-15-22(32(8)9)27(35)21(5)40-26/h18-24,26-28,35-36,38-39H,11-17H2,1-10H3/t18-,19+,20-,21?,22?,23-,24-,26+,27-,28-,30-,31-/m1/s1. The molecule has 2 unspecified atom stereocenters. The second kappa shape index (κ2) is 15.2. The third kappa shape index (κ3) is 9.17. The van der Waals surface area contributed by atoms with Gasteiger partial charge in [0.25, 0.3) is 0 Å². The van der Waals surface area contributed by atoms with Gasteiger partial charge in [-0.25, -0.2) is 0 Å². The lowest BCUT2D eigenvalue weighted by Crippen LogP contribution is -2.56. The van der Waals surface area contributed by atoms with Gasteiger partial charge < -0.3 is 39.5 Å². The first-order chi connectivity index (χ1) is 19.3. The molecule has 0 aromatic heterocycles.